The van der Waals surface area contributed by atoms with Gasteiger partial charge in [0.2, 0.25) is 11.8 Å². The van der Waals surface area contributed by atoms with Crippen LogP contribution in [0.1, 0.15) is 52.9 Å². The summed E-state index contributed by atoms with van der Waals surface area (Å²) in [6, 6.07) is 6.66. The number of nitrogens with two attached hydrogens (primary N) is 1. The molecule has 7 heteroatoms. The number of hydrogen-bond donors (Lipinski definition) is 2. The Kier molecular flexibility index (Phi) is 4.18. The van der Waals surface area contributed by atoms with E-state index in [2.05, 4.69) is 10.3 Å². The number of pyridine rings is 1. The zero-order valence-electron chi connectivity index (χ0n) is 16.1. The van der Waals surface area contributed by atoms with Gasteiger partial charge < -0.3 is 10.6 Å². The summed E-state index contributed by atoms with van der Waals surface area (Å²) in [5, 5.41) is 2.33. The zero-order valence-corrected chi connectivity index (χ0v) is 16.1. The molecule has 2 unspecified atom stereocenters. The normalized spacial score (nSPS) is 21.7. The van der Waals surface area contributed by atoms with E-state index in [0.717, 1.165) is 27.9 Å². The van der Waals surface area contributed by atoms with Crippen LogP contribution < -0.4 is 11.1 Å². The van der Waals surface area contributed by atoms with Crippen LogP contribution in [-0.4, -0.2) is 33.6 Å². The van der Waals surface area contributed by atoms with Gasteiger partial charge in [-0.3, -0.25) is 19.7 Å². The SMILES string of the molecule is Cc1cc(-c2ccc3c(c2)C(C)N(C2CCC(=O)NC2=O)C3=O)nc(N)c1C. The molecule has 4 rings (SSSR count). The molecule has 0 radical (unpaired) electrons. The number of nitrogen functional groups attached to an aromatic ring is 1. The number of nitrogens with zero attached hydrogens (tertiary/aromatic N) is 2. The lowest BCUT2D eigenvalue weighted by Gasteiger charge is -2.32. The van der Waals surface area contributed by atoms with Crippen LogP contribution in [0.15, 0.2) is 24.3 Å². The number of rotatable bonds is 2. The molecule has 1 fully saturated rings. The topological polar surface area (TPSA) is 105 Å². The molecule has 2 aliphatic rings. The summed E-state index contributed by atoms with van der Waals surface area (Å²) in [6.45, 7) is 5.82. The summed E-state index contributed by atoms with van der Waals surface area (Å²) in [6.07, 6.45) is 0.581. The molecule has 144 valence electrons. The quantitative estimate of drug-likeness (QED) is 0.780. The maximum absolute atomic E-state index is 13.0. The summed E-state index contributed by atoms with van der Waals surface area (Å²) in [5.41, 5.74) is 11.1. The smallest absolute Gasteiger partial charge is 0.255 e. The van der Waals surface area contributed by atoms with Gasteiger partial charge in [-0.25, -0.2) is 4.98 Å². The van der Waals surface area contributed by atoms with Gasteiger partial charge >= 0.3 is 0 Å². The number of hydrogen-bond acceptors (Lipinski definition) is 5. The van der Waals surface area contributed by atoms with Crippen LogP contribution in [0.25, 0.3) is 11.3 Å². The van der Waals surface area contributed by atoms with E-state index in [1.54, 1.807) is 11.0 Å². The molecule has 0 bridgehead atoms. The number of imide groups is 1. The van der Waals surface area contributed by atoms with E-state index in [1.165, 1.54) is 0 Å². The van der Waals surface area contributed by atoms with Crippen LogP contribution in [0, 0.1) is 13.8 Å². The van der Waals surface area contributed by atoms with E-state index in [4.69, 9.17) is 5.73 Å². The second kappa shape index (κ2) is 6.44. The molecule has 1 saturated heterocycles. The average Bonchev–Trinajstić information content (AvgIpc) is 2.90. The Balaban J connectivity index is 1.71. The summed E-state index contributed by atoms with van der Waals surface area (Å²) >= 11 is 0. The number of anilines is 1. The number of carbonyl (C=O) groups excluding carboxylic acids is 3. The van der Waals surface area contributed by atoms with Gasteiger partial charge in [0.25, 0.3) is 5.91 Å². The van der Waals surface area contributed by atoms with Crippen LogP contribution in [0.5, 0.6) is 0 Å². The van der Waals surface area contributed by atoms with E-state index >= 15 is 0 Å². The fraction of sp³-hybridized carbons (Fsp3) is 0.333. The number of amides is 3. The molecule has 1 aromatic carbocycles. The Morgan fingerprint density at radius 1 is 1.18 bits per heavy atom. The van der Waals surface area contributed by atoms with Crippen molar-refractivity contribution in [3.8, 4) is 11.3 Å². The van der Waals surface area contributed by atoms with Crippen LogP contribution in [-0.2, 0) is 9.59 Å². The van der Waals surface area contributed by atoms with Crippen molar-refractivity contribution in [3.63, 3.8) is 0 Å². The van der Waals surface area contributed by atoms with Crippen LogP contribution in [0.3, 0.4) is 0 Å². The first-order chi connectivity index (χ1) is 13.3. The van der Waals surface area contributed by atoms with Crippen molar-refractivity contribution in [2.24, 2.45) is 0 Å². The molecule has 7 nitrogen and oxygen atoms in total. The van der Waals surface area contributed by atoms with Crippen molar-refractivity contribution < 1.29 is 14.4 Å². The third kappa shape index (κ3) is 2.74. The van der Waals surface area contributed by atoms with Gasteiger partial charge in [-0.15, -0.1) is 0 Å². The van der Waals surface area contributed by atoms with E-state index in [1.807, 2.05) is 39.0 Å². The van der Waals surface area contributed by atoms with E-state index in [-0.39, 0.29) is 24.3 Å². The maximum atomic E-state index is 13.0. The van der Waals surface area contributed by atoms with Gasteiger partial charge in [-0.05, 0) is 62.1 Å². The number of nitrogens with one attached hydrogen (secondary N) is 1. The standard InChI is InChI=1S/C21H22N4O3/c1-10-8-16(23-19(22)11(10)2)13-4-5-14-15(9-13)12(3)25(21(14)28)17-6-7-18(26)24-20(17)27/h4-5,8-9,12,17H,6-7H2,1-3H3,(H2,22,23)(H,24,26,27). The number of benzene rings is 1. The number of piperidine rings is 1. The monoisotopic (exact) mass is 378 g/mol. The maximum Gasteiger partial charge on any atom is 0.255 e. The lowest BCUT2D eigenvalue weighted by atomic mass is 9.98. The van der Waals surface area contributed by atoms with Gasteiger partial charge in [-0.2, -0.15) is 0 Å². The predicted octanol–water partition coefficient (Wildman–Crippen LogP) is 2.27. The first-order valence-corrected chi connectivity index (χ1v) is 9.32. The minimum atomic E-state index is -0.633. The van der Waals surface area contributed by atoms with Crippen molar-refractivity contribution in [1.82, 2.24) is 15.2 Å². The Labute approximate surface area is 162 Å². The largest absolute Gasteiger partial charge is 0.383 e. The van der Waals surface area contributed by atoms with Gasteiger partial charge in [0.05, 0.1) is 11.7 Å². The summed E-state index contributed by atoms with van der Waals surface area (Å²) in [4.78, 5) is 42.7. The van der Waals surface area contributed by atoms with Gasteiger partial charge in [0.15, 0.2) is 0 Å². The molecule has 0 aliphatic carbocycles. The molecular weight excluding hydrogens is 356 g/mol. The van der Waals surface area contributed by atoms with Crippen LogP contribution in [0.2, 0.25) is 0 Å². The van der Waals surface area contributed by atoms with Gasteiger partial charge in [-0.1, -0.05) is 6.07 Å². The Hall–Kier alpha value is -3.22. The molecule has 3 heterocycles. The molecule has 1 aromatic heterocycles. The lowest BCUT2D eigenvalue weighted by Crippen LogP contribution is -2.53. The van der Waals surface area contributed by atoms with Crippen molar-refractivity contribution in [2.45, 2.75) is 45.7 Å². The third-order valence-corrected chi connectivity index (χ3v) is 5.80. The van der Waals surface area contributed by atoms with Crippen molar-refractivity contribution in [1.29, 1.82) is 0 Å². The molecule has 3 N–H and O–H groups in total. The van der Waals surface area contributed by atoms with Crippen molar-refractivity contribution in [2.75, 3.05) is 5.73 Å². The summed E-state index contributed by atoms with van der Waals surface area (Å²) < 4.78 is 0. The first-order valence-electron chi connectivity index (χ1n) is 9.32. The molecule has 3 amide bonds. The minimum Gasteiger partial charge on any atom is -0.383 e. The number of fused-ring (bicyclic) bond motifs is 1. The zero-order chi connectivity index (χ0) is 20.2. The molecule has 0 saturated carbocycles. The second-order valence-corrected chi connectivity index (χ2v) is 7.49. The van der Waals surface area contributed by atoms with E-state index in [9.17, 15) is 14.4 Å². The molecule has 2 aliphatic heterocycles. The highest BCUT2D eigenvalue weighted by molar-refractivity contribution is 6.06. The Bertz CT molecular complexity index is 1010. The Morgan fingerprint density at radius 3 is 2.61 bits per heavy atom. The van der Waals surface area contributed by atoms with E-state index in [0.29, 0.717) is 17.8 Å². The number of aryl methyl sites for hydroxylation is 1. The van der Waals surface area contributed by atoms with Gasteiger partial charge in [0, 0.05) is 17.5 Å². The number of carbonyl (C=O) groups is 3. The Morgan fingerprint density at radius 2 is 1.93 bits per heavy atom. The molecule has 0 spiro atoms. The van der Waals surface area contributed by atoms with Gasteiger partial charge in [0.1, 0.15) is 11.9 Å². The highest BCUT2D eigenvalue weighted by Gasteiger charge is 2.43. The highest BCUT2D eigenvalue weighted by Crippen LogP contribution is 2.38. The van der Waals surface area contributed by atoms with Crippen molar-refractivity contribution in [3.05, 3.63) is 46.5 Å². The molecule has 2 atom stereocenters. The fourth-order valence-corrected chi connectivity index (χ4v) is 4.00. The average molecular weight is 378 g/mol. The lowest BCUT2D eigenvalue weighted by molar-refractivity contribution is -0.137. The second-order valence-electron chi connectivity index (χ2n) is 7.49. The van der Waals surface area contributed by atoms with Crippen LogP contribution >= 0.6 is 0 Å². The third-order valence-electron chi connectivity index (χ3n) is 5.80. The summed E-state index contributed by atoms with van der Waals surface area (Å²) in [5.74, 6) is -0.396. The van der Waals surface area contributed by atoms with Crippen LogP contribution in [0.4, 0.5) is 5.82 Å². The number of aromatic nitrogens is 1. The molecular formula is C21H22N4O3. The molecule has 2 aromatic rings. The predicted molar refractivity (Wildman–Crippen MR) is 104 cm³/mol. The van der Waals surface area contributed by atoms with E-state index < -0.39 is 11.9 Å². The fourth-order valence-electron chi connectivity index (χ4n) is 4.00. The molecule has 28 heavy (non-hydrogen) atoms. The highest BCUT2D eigenvalue weighted by atomic mass is 16.2. The summed E-state index contributed by atoms with van der Waals surface area (Å²) in [7, 11) is 0. The van der Waals surface area contributed by atoms with Crippen molar-refractivity contribution >= 4 is 23.5 Å². The first kappa shape index (κ1) is 18.2. The minimum absolute atomic E-state index is 0.184.